The van der Waals surface area contributed by atoms with Gasteiger partial charge < -0.3 is 0 Å². The Morgan fingerprint density at radius 2 is 1.43 bits per heavy atom. The minimum absolute atomic E-state index is 0.0460. The van der Waals surface area contributed by atoms with Crippen LogP contribution in [0.2, 0.25) is 0 Å². The van der Waals surface area contributed by atoms with E-state index in [1.165, 1.54) is 12.1 Å². The van der Waals surface area contributed by atoms with Crippen LogP contribution in [0.1, 0.15) is 22.3 Å². The Morgan fingerprint density at radius 3 is 1.96 bits per heavy atom. The zero-order chi connectivity index (χ0) is 17.2. The third-order valence-electron chi connectivity index (χ3n) is 3.40. The Balaban J connectivity index is 2.23. The summed E-state index contributed by atoms with van der Waals surface area (Å²) in [5.41, 5.74) is 3.63. The largest absolute Gasteiger partial charge is 0.268 e. The first-order valence-electron chi connectivity index (χ1n) is 7.10. The summed E-state index contributed by atoms with van der Waals surface area (Å²) in [5.74, 6) is -0.726. The first-order chi connectivity index (χ1) is 10.7. The average molecular weight is 329 g/mol. The molecule has 2 aromatic carbocycles. The second-order valence-electron chi connectivity index (χ2n) is 5.60. The Morgan fingerprint density at radius 1 is 0.913 bits per heavy atom. The molecule has 0 saturated carbocycles. The first kappa shape index (κ1) is 17.0. The Hall–Kier alpha value is -2.40. The molecule has 0 heterocycles. The Labute approximate surface area is 136 Å². The van der Waals surface area contributed by atoms with E-state index in [1.807, 2.05) is 26.8 Å². The van der Waals surface area contributed by atoms with Crippen molar-refractivity contribution >= 4 is 21.5 Å². The molecule has 23 heavy (non-hydrogen) atoms. The molecule has 1 N–H and O–H groups in total. The lowest BCUT2D eigenvalue weighted by Crippen LogP contribution is -2.31. The number of benzene rings is 2. The molecule has 0 saturated heterocycles. The van der Waals surface area contributed by atoms with Crippen molar-refractivity contribution in [3.8, 4) is 0 Å². The lowest BCUT2D eigenvalue weighted by Gasteiger charge is -2.10. The van der Waals surface area contributed by atoms with Crippen LogP contribution in [0.15, 0.2) is 53.9 Å². The minimum atomic E-state index is -3.91. The van der Waals surface area contributed by atoms with Gasteiger partial charge in [0.1, 0.15) is 0 Å². The summed E-state index contributed by atoms with van der Waals surface area (Å²) in [6.07, 6.45) is 0. The molecule has 0 spiro atoms. The van der Waals surface area contributed by atoms with E-state index in [0.717, 1.165) is 16.7 Å². The second-order valence-corrected chi connectivity index (χ2v) is 7.29. The van der Waals surface area contributed by atoms with Crippen LogP contribution in [0.4, 0.5) is 0 Å². The topological polar surface area (TPSA) is 63.2 Å². The molecule has 0 aliphatic rings. The highest BCUT2D eigenvalue weighted by molar-refractivity contribution is 7.90. The van der Waals surface area contributed by atoms with Gasteiger partial charge in [0.05, 0.1) is 4.90 Å². The van der Waals surface area contributed by atoms with Crippen LogP contribution in [0.5, 0.6) is 0 Å². The maximum Gasteiger partial charge on any atom is 0.265 e. The highest BCUT2D eigenvalue weighted by Gasteiger charge is 2.20. The highest BCUT2D eigenvalue weighted by atomic mass is 32.2. The van der Waals surface area contributed by atoms with Crippen molar-refractivity contribution in [3.63, 3.8) is 0 Å². The van der Waals surface area contributed by atoms with Gasteiger partial charge in [0.15, 0.2) is 0 Å². The van der Waals surface area contributed by atoms with Crippen molar-refractivity contribution in [1.82, 2.24) is 4.72 Å². The Bertz CT molecular complexity index is 845. The van der Waals surface area contributed by atoms with E-state index < -0.39 is 15.9 Å². The third-order valence-corrected chi connectivity index (χ3v) is 4.75. The van der Waals surface area contributed by atoms with Crippen molar-refractivity contribution < 1.29 is 13.2 Å². The van der Waals surface area contributed by atoms with E-state index in [2.05, 4.69) is 11.3 Å². The van der Waals surface area contributed by atoms with Gasteiger partial charge in [0, 0.05) is 5.57 Å². The van der Waals surface area contributed by atoms with Gasteiger partial charge >= 0.3 is 0 Å². The quantitative estimate of drug-likeness (QED) is 0.877. The molecule has 0 bridgehead atoms. The molecule has 0 radical (unpaired) electrons. The van der Waals surface area contributed by atoms with E-state index in [4.69, 9.17) is 0 Å². The molecule has 1 amide bonds. The maximum absolute atomic E-state index is 12.3. The second kappa shape index (κ2) is 6.38. The van der Waals surface area contributed by atoms with Gasteiger partial charge in [-0.15, -0.1) is 0 Å². The van der Waals surface area contributed by atoms with Crippen LogP contribution in [0.3, 0.4) is 0 Å². The van der Waals surface area contributed by atoms with E-state index in [-0.39, 0.29) is 10.5 Å². The fraction of sp³-hybridized carbons (Fsp3) is 0.167. The minimum Gasteiger partial charge on any atom is -0.268 e. The summed E-state index contributed by atoms with van der Waals surface area (Å²) in [4.78, 5) is 12.3. The number of aryl methyl sites for hydroxylation is 3. The molecule has 2 rings (SSSR count). The number of nitrogens with one attached hydrogen (secondary N) is 1. The van der Waals surface area contributed by atoms with E-state index in [9.17, 15) is 13.2 Å². The monoisotopic (exact) mass is 329 g/mol. The summed E-state index contributed by atoms with van der Waals surface area (Å²) in [6.45, 7) is 9.40. The summed E-state index contributed by atoms with van der Waals surface area (Å²) >= 11 is 0. The van der Waals surface area contributed by atoms with Gasteiger partial charge in [-0.3, -0.25) is 4.79 Å². The predicted molar refractivity (Wildman–Crippen MR) is 91.5 cm³/mol. The summed E-state index contributed by atoms with van der Waals surface area (Å²) in [5, 5.41) is 0. The number of hydrogen-bond acceptors (Lipinski definition) is 3. The maximum atomic E-state index is 12.3. The molecule has 0 fully saturated rings. The predicted octanol–water partition coefficient (Wildman–Crippen LogP) is 3.13. The number of hydrogen-bond donors (Lipinski definition) is 1. The molecule has 120 valence electrons. The van der Waals surface area contributed by atoms with Crippen LogP contribution >= 0.6 is 0 Å². The number of rotatable bonds is 4. The summed E-state index contributed by atoms with van der Waals surface area (Å²) < 4.78 is 26.6. The standard InChI is InChI=1S/C18H19NO3S/c1-12-5-7-17(8-6-12)23(21,22)19-18(20)15(4)16-10-13(2)9-14(3)11-16/h5-11H,4H2,1-3H3,(H,19,20). The number of sulfonamides is 1. The smallest absolute Gasteiger partial charge is 0.265 e. The van der Waals surface area contributed by atoms with Crippen molar-refractivity contribution in [3.05, 3.63) is 71.3 Å². The van der Waals surface area contributed by atoms with Crippen molar-refractivity contribution in [2.75, 3.05) is 0 Å². The molecule has 0 atom stereocenters. The molecule has 0 unspecified atom stereocenters. The lowest BCUT2D eigenvalue weighted by molar-refractivity contribution is -0.114. The summed E-state index contributed by atoms with van der Waals surface area (Å²) in [6, 6.07) is 11.9. The fourth-order valence-corrected chi connectivity index (χ4v) is 3.22. The molecule has 0 aliphatic heterocycles. The zero-order valence-corrected chi connectivity index (χ0v) is 14.2. The molecule has 2 aromatic rings. The molecular formula is C18H19NO3S. The van der Waals surface area contributed by atoms with E-state index in [1.54, 1.807) is 24.3 Å². The first-order valence-corrected chi connectivity index (χ1v) is 8.59. The third kappa shape index (κ3) is 4.07. The summed E-state index contributed by atoms with van der Waals surface area (Å²) in [7, 11) is -3.91. The van der Waals surface area contributed by atoms with Crippen LogP contribution in [-0.4, -0.2) is 14.3 Å². The van der Waals surface area contributed by atoms with Gasteiger partial charge in [-0.1, -0.05) is 53.6 Å². The van der Waals surface area contributed by atoms with Crippen LogP contribution in [-0.2, 0) is 14.8 Å². The van der Waals surface area contributed by atoms with Crippen LogP contribution in [0, 0.1) is 20.8 Å². The van der Waals surface area contributed by atoms with Crippen molar-refractivity contribution in [2.24, 2.45) is 0 Å². The zero-order valence-electron chi connectivity index (χ0n) is 13.4. The van der Waals surface area contributed by atoms with Gasteiger partial charge in [0.2, 0.25) is 0 Å². The van der Waals surface area contributed by atoms with Crippen LogP contribution in [0.25, 0.3) is 5.57 Å². The van der Waals surface area contributed by atoms with Gasteiger partial charge in [0.25, 0.3) is 15.9 Å². The number of amides is 1. The highest BCUT2D eigenvalue weighted by Crippen LogP contribution is 2.18. The fourth-order valence-electron chi connectivity index (χ4n) is 2.24. The number of carbonyl (C=O) groups is 1. The molecular weight excluding hydrogens is 310 g/mol. The SMILES string of the molecule is C=C(C(=O)NS(=O)(=O)c1ccc(C)cc1)c1cc(C)cc(C)c1. The normalized spacial score (nSPS) is 11.1. The lowest BCUT2D eigenvalue weighted by atomic mass is 10.0. The number of carbonyl (C=O) groups excluding carboxylic acids is 1. The molecule has 5 heteroatoms. The molecule has 0 aromatic heterocycles. The van der Waals surface area contributed by atoms with E-state index >= 15 is 0 Å². The van der Waals surface area contributed by atoms with Crippen LogP contribution < -0.4 is 4.72 Å². The van der Waals surface area contributed by atoms with Crippen molar-refractivity contribution in [2.45, 2.75) is 25.7 Å². The van der Waals surface area contributed by atoms with Crippen molar-refractivity contribution in [1.29, 1.82) is 0 Å². The van der Waals surface area contributed by atoms with E-state index in [0.29, 0.717) is 5.56 Å². The molecule has 0 aliphatic carbocycles. The Kier molecular flexibility index (Phi) is 4.71. The van der Waals surface area contributed by atoms with Gasteiger partial charge in [-0.2, -0.15) is 0 Å². The van der Waals surface area contributed by atoms with Gasteiger partial charge in [-0.05, 0) is 38.5 Å². The molecule has 4 nitrogen and oxygen atoms in total. The van der Waals surface area contributed by atoms with Gasteiger partial charge in [-0.25, -0.2) is 13.1 Å². The average Bonchev–Trinajstić information content (AvgIpc) is 2.45.